The Morgan fingerprint density at radius 2 is 1.59 bits per heavy atom. The summed E-state index contributed by atoms with van der Waals surface area (Å²) in [6.07, 6.45) is 5.38. The molecule has 22 heavy (non-hydrogen) atoms. The van der Waals surface area contributed by atoms with Crippen LogP contribution in [0.3, 0.4) is 0 Å². The van der Waals surface area contributed by atoms with Crippen LogP contribution in [-0.4, -0.2) is 11.7 Å². The molecule has 2 aromatic carbocycles. The fourth-order valence-corrected chi connectivity index (χ4v) is 2.92. The Morgan fingerprint density at radius 3 is 2.27 bits per heavy atom. The lowest BCUT2D eigenvalue weighted by Gasteiger charge is -2.11. The van der Waals surface area contributed by atoms with Gasteiger partial charge in [-0.05, 0) is 53.9 Å². The highest BCUT2D eigenvalue weighted by molar-refractivity contribution is 5.67. The van der Waals surface area contributed by atoms with Gasteiger partial charge in [0.2, 0.25) is 0 Å². The van der Waals surface area contributed by atoms with Gasteiger partial charge in [0.05, 0.1) is 0 Å². The number of unbranched alkanes of at least 4 members (excludes halogenated alkanes) is 2. The van der Waals surface area contributed by atoms with Crippen molar-refractivity contribution in [3.63, 3.8) is 0 Å². The van der Waals surface area contributed by atoms with E-state index in [9.17, 15) is 0 Å². The molecule has 2 aromatic rings. The maximum atomic E-state index is 8.88. The molecule has 0 radical (unpaired) electrons. The van der Waals surface area contributed by atoms with Crippen LogP contribution in [0.15, 0.2) is 48.5 Å². The zero-order valence-electron chi connectivity index (χ0n) is 13.9. The quantitative estimate of drug-likeness (QED) is 0.659. The van der Waals surface area contributed by atoms with Gasteiger partial charge in [0, 0.05) is 6.61 Å². The molecule has 0 aromatic heterocycles. The number of benzene rings is 2. The fourth-order valence-electron chi connectivity index (χ4n) is 2.92. The van der Waals surface area contributed by atoms with Crippen molar-refractivity contribution in [1.82, 2.24) is 0 Å². The lowest BCUT2D eigenvalue weighted by molar-refractivity contribution is 0.283. The van der Waals surface area contributed by atoms with Crippen molar-refractivity contribution in [2.75, 3.05) is 6.61 Å². The second-order valence-corrected chi connectivity index (χ2v) is 6.49. The van der Waals surface area contributed by atoms with Crippen molar-refractivity contribution in [3.05, 3.63) is 59.7 Å². The molecule has 0 atom stereocenters. The van der Waals surface area contributed by atoms with Crippen LogP contribution >= 0.6 is 0 Å². The summed E-state index contributed by atoms with van der Waals surface area (Å²) in [5.41, 5.74) is 5.49. The monoisotopic (exact) mass is 296 g/mol. The van der Waals surface area contributed by atoms with Crippen molar-refractivity contribution in [1.29, 1.82) is 0 Å². The topological polar surface area (TPSA) is 20.2 Å². The van der Waals surface area contributed by atoms with E-state index >= 15 is 0 Å². The van der Waals surface area contributed by atoms with Crippen LogP contribution in [0.1, 0.15) is 44.2 Å². The van der Waals surface area contributed by atoms with Crippen LogP contribution in [0.25, 0.3) is 11.1 Å². The molecule has 0 bridgehead atoms. The van der Waals surface area contributed by atoms with E-state index in [0.717, 1.165) is 32.1 Å². The Morgan fingerprint density at radius 1 is 0.864 bits per heavy atom. The number of aliphatic hydroxyl groups is 1. The van der Waals surface area contributed by atoms with Gasteiger partial charge in [-0.15, -0.1) is 0 Å². The summed E-state index contributed by atoms with van der Waals surface area (Å²) in [5.74, 6) is 0.699. The van der Waals surface area contributed by atoms with Gasteiger partial charge in [0.25, 0.3) is 0 Å². The molecule has 0 aliphatic heterocycles. The molecule has 0 saturated heterocycles. The zero-order chi connectivity index (χ0) is 15.8. The number of aliphatic hydroxyl groups excluding tert-OH is 1. The third-order valence-corrected chi connectivity index (χ3v) is 4.03. The Kier molecular flexibility index (Phi) is 6.67. The Labute approximate surface area is 135 Å². The molecule has 0 amide bonds. The minimum absolute atomic E-state index is 0.305. The van der Waals surface area contributed by atoms with Crippen LogP contribution in [0.5, 0.6) is 0 Å². The summed E-state index contributed by atoms with van der Waals surface area (Å²) in [6, 6.07) is 17.7. The molecule has 1 heteroatoms. The highest BCUT2D eigenvalue weighted by Gasteiger charge is 2.05. The van der Waals surface area contributed by atoms with Gasteiger partial charge in [-0.25, -0.2) is 0 Å². The summed E-state index contributed by atoms with van der Waals surface area (Å²) in [5, 5.41) is 8.88. The first kappa shape index (κ1) is 16.8. The van der Waals surface area contributed by atoms with Crippen LogP contribution < -0.4 is 0 Å². The van der Waals surface area contributed by atoms with Gasteiger partial charge in [-0.2, -0.15) is 0 Å². The zero-order valence-corrected chi connectivity index (χ0v) is 13.9. The van der Waals surface area contributed by atoms with Crippen molar-refractivity contribution in [3.8, 4) is 11.1 Å². The van der Waals surface area contributed by atoms with Gasteiger partial charge >= 0.3 is 0 Å². The molecule has 0 fully saturated rings. The molecular weight excluding hydrogens is 268 g/mol. The van der Waals surface area contributed by atoms with Crippen molar-refractivity contribution in [2.45, 2.75) is 46.0 Å². The Balaban J connectivity index is 2.10. The summed E-state index contributed by atoms with van der Waals surface area (Å²) in [7, 11) is 0. The van der Waals surface area contributed by atoms with Crippen LogP contribution in [0, 0.1) is 5.92 Å². The van der Waals surface area contributed by atoms with E-state index in [-0.39, 0.29) is 0 Å². The molecule has 0 saturated carbocycles. The lowest BCUT2D eigenvalue weighted by Crippen LogP contribution is -1.95. The Hall–Kier alpha value is -1.60. The van der Waals surface area contributed by atoms with Gasteiger partial charge < -0.3 is 5.11 Å². The first-order valence-corrected chi connectivity index (χ1v) is 8.49. The molecule has 0 aliphatic rings. The molecule has 1 N–H and O–H groups in total. The van der Waals surface area contributed by atoms with Crippen LogP contribution in [0.4, 0.5) is 0 Å². The third kappa shape index (κ3) is 4.99. The molecule has 0 unspecified atom stereocenters. The normalized spacial score (nSPS) is 11.1. The highest BCUT2D eigenvalue weighted by atomic mass is 16.2. The summed E-state index contributed by atoms with van der Waals surface area (Å²) in [4.78, 5) is 0. The molecule has 0 aliphatic carbocycles. The second kappa shape index (κ2) is 8.75. The number of hydrogen-bond donors (Lipinski definition) is 1. The van der Waals surface area contributed by atoms with E-state index in [1.807, 2.05) is 0 Å². The van der Waals surface area contributed by atoms with E-state index in [2.05, 4.69) is 62.4 Å². The maximum Gasteiger partial charge on any atom is 0.0431 e. The van der Waals surface area contributed by atoms with Crippen molar-refractivity contribution < 1.29 is 5.11 Å². The first-order chi connectivity index (χ1) is 10.7. The first-order valence-electron chi connectivity index (χ1n) is 8.49. The average Bonchev–Trinajstić information content (AvgIpc) is 2.52. The number of hydrogen-bond acceptors (Lipinski definition) is 1. The van der Waals surface area contributed by atoms with E-state index in [0.29, 0.717) is 12.5 Å². The third-order valence-electron chi connectivity index (χ3n) is 4.03. The minimum Gasteiger partial charge on any atom is -0.396 e. The van der Waals surface area contributed by atoms with Crippen LogP contribution in [-0.2, 0) is 12.8 Å². The largest absolute Gasteiger partial charge is 0.396 e. The van der Waals surface area contributed by atoms with Crippen molar-refractivity contribution >= 4 is 0 Å². The standard InChI is InChI=1S/C21H28O/c1-17(2)16-18-11-13-20(14-12-18)21-10-6-5-9-19(21)8-4-3-7-15-22/h5-6,9-14,17,22H,3-4,7-8,15-16H2,1-2H3. The van der Waals surface area contributed by atoms with Gasteiger partial charge in [0.15, 0.2) is 0 Å². The van der Waals surface area contributed by atoms with Crippen molar-refractivity contribution in [2.24, 2.45) is 5.92 Å². The summed E-state index contributed by atoms with van der Waals surface area (Å²) >= 11 is 0. The predicted molar refractivity (Wildman–Crippen MR) is 95.1 cm³/mol. The number of rotatable bonds is 8. The number of aryl methyl sites for hydroxylation is 1. The van der Waals surface area contributed by atoms with Gasteiger partial charge in [-0.1, -0.05) is 68.8 Å². The van der Waals surface area contributed by atoms with E-state index < -0.39 is 0 Å². The van der Waals surface area contributed by atoms with Crippen LogP contribution in [0.2, 0.25) is 0 Å². The smallest absolute Gasteiger partial charge is 0.0431 e. The molecule has 2 rings (SSSR count). The SMILES string of the molecule is CC(C)Cc1ccc(-c2ccccc2CCCCCO)cc1. The molecule has 1 nitrogen and oxygen atoms in total. The lowest BCUT2D eigenvalue weighted by atomic mass is 9.94. The molecule has 0 spiro atoms. The highest BCUT2D eigenvalue weighted by Crippen LogP contribution is 2.26. The van der Waals surface area contributed by atoms with Gasteiger partial charge in [0.1, 0.15) is 0 Å². The maximum absolute atomic E-state index is 8.88. The van der Waals surface area contributed by atoms with E-state index in [1.54, 1.807) is 0 Å². The Bertz CT molecular complexity index is 554. The summed E-state index contributed by atoms with van der Waals surface area (Å²) < 4.78 is 0. The summed E-state index contributed by atoms with van der Waals surface area (Å²) in [6.45, 7) is 4.82. The molecule has 118 valence electrons. The molecule has 0 heterocycles. The minimum atomic E-state index is 0.305. The molecular formula is C21H28O. The second-order valence-electron chi connectivity index (χ2n) is 6.49. The fraction of sp³-hybridized carbons (Fsp3) is 0.429. The predicted octanol–water partition coefficient (Wildman–Crippen LogP) is 5.26. The average molecular weight is 296 g/mol. The van der Waals surface area contributed by atoms with E-state index in [4.69, 9.17) is 5.11 Å². The van der Waals surface area contributed by atoms with Gasteiger partial charge in [-0.3, -0.25) is 0 Å². The van der Waals surface area contributed by atoms with E-state index in [1.165, 1.54) is 22.3 Å².